The normalized spacial score (nSPS) is 17.1. The summed E-state index contributed by atoms with van der Waals surface area (Å²) in [5.74, 6) is -0.541. The largest absolute Gasteiger partial charge is 0.376 e. The van der Waals surface area contributed by atoms with Crippen LogP contribution >= 0.6 is 0 Å². The minimum atomic E-state index is -0.628. The average molecular weight is 471 g/mol. The van der Waals surface area contributed by atoms with Crippen LogP contribution in [0.2, 0.25) is 0 Å². The van der Waals surface area contributed by atoms with Gasteiger partial charge in [-0.1, -0.05) is 49.7 Å². The van der Waals surface area contributed by atoms with Crippen LogP contribution in [0.5, 0.6) is 0 Å². The van der Waals surface area contributed by atoms with E-state index in [0.29, 0.717) is 13.0 Å². The number of urea groups is 1. The highest BCUT2D eigenvalue weighted by molar-refractivity contribution is 5.86. The Morgan fingerprint density at radius 2 is 1.82 bits per heavy atom. The Kier molecular flexibility index (Phi) is 9.85. The number of ether oxygens (including phenoxy) is 1. The standard InChI is InChI=1S/C26H35FN4O3/c1-3-5-24(30-26(33)29-15-20-8-10-23(27)11-9-20)25(32)28-16-21-6-4-7-22(14-21)18-31-12-13-34-19(2)17-31/h4,6-11,14,19,24H,3,5,12-13,15-18H2,1-2H3,(H,28,32)(H2,29,30,33). The summed E-state index contributed by atoms with van der Waals surface area (Å²) in [6.45, 7) is 8.13. The molecule has 1 saturated heterocycles. The van der Waals surface area contributed by atoms with Gasteiger partial charge in [-0.25, -0.2) is 9.18 Å². The van der Waals surface area contributed by atoms with E-state index < -0.39 is 12.1 Å². The molecule has 3 amide bonds. The highest BCUT2D eigenvalue weighted by Crippen LogP contribution is 2.12. The predicted octanol–water partition coefficient (Wildman–Crippen LogP) is 3.33. The van der Waals surface area contributed by atoms with E-state index in [4.69, 9.17) is 4.74 Å². The summed E-state index contributed by atoms with van der Waals surface area (Å²) < 4.78 is 18.6. The van der Waals surface area contributed by atoms with E-state index in [0.717, 1.165) is 43.8 Å². The zero-order chi connectivity index (χ0) is 24.3. The molecule has 1 heterocycles. The highest BCUT2D eigenvalue weighted by Gasteiger charge is 2.20. The molecule has 0 spiro atoms. The maximum absolute atomic E-state index is 13.0. The first-order valence-electron chi connectivity index (χ1n) is 11.9. The Labute approximate surface area is 201 Å². The summed E-state index contributed by atoms with van der Waals surface area (Å²) in [7, 11) is 0. The minimum Gasteiger partial charge on any atom is -0.376 e. The zero-order valence-electron chi connectivity index (χ0n) is 20.0. The number of benzene rings is 2. The lowest BCUT2D eigenvalue weighted by Crippen LogP contribution is -2.49. The van der Waals surface area contributed by atoms with Crippen molar-refractivity contribution in [2.24, 2.45) is 0 Å². The molecule has 1 aliphatic rings. The van der Waals surface area contributed by atoms with Crippen molar-refractivity contribution in [1.82, 2.24) is 20.9 Å². The first kappa shape index (κ1) is 25.6. The van der Waals surface area contributed by atoms with E-state index in [-0.39, 0.29) is 24.4 Å². The van der Waals surface area contributed by atoms with Crippen molar-refractivity contribution in [2.75, 3.05) is 19.7 Å². The van der Waals surface area contributed by atoms with E-state index in [1.54, 1.807) is 12.1 Å². The van der Waals surface area contributed by atoms with Gasteiger partial charge in [0.1, 0.15) is 11.9 Å². The van der Waals surface area contributed by atoms with Gasteiger partial charge in [-0.2, -0.15) is 0 Å². The molecule has 1 aliphatic heterocycles. The lowest BCUT2D eigenvalue weighted by Gasteiger charge is -2.31. The molecule has 0 aliphatic carbocycles. The van der Waals surface area contributed by atoms with Crippen LogP contribution in [-0.2, 0) is 29.2 Å². The van der Waals surface area contributed by atoms with Crippen LogP contribution in [0, 0.1) is 5.82 Å². The zero-order valence-corrected chi connectivity index (χ0v) is 20.0. The molecule has 3 N–H and O–H groups in total. The molecule has 34 heavy (non-hydrogen) atoms. The van der Waals surface area contributed by atoms with Crippen LogP contribution in [0.3, 0.4) is 0 Å². The van der Waals surface area contributed by atoms with Crippen LogP contribution in [-0.4, -0.2) is 48.7 Å². The van der Waals surface area contributed by atoms with Crippen LogP contribution < -0.4 is 16.0 Å². The summed E-state index contributed by atoms with van der Waals surface area (Å²) in [6, 6.07) is 13.1. The summed E-state index contributed by atoms with van der Waals surface area (Å²) in [6.07, 6.45) is 1.53. The van der Waals surface area contributed by atoms with Crippen molar-refractivity contribution in [3.63, 3.8) is 0 Å². The van der Waals surface area contributed by atoms with Crippen molar-refractivity contribution in [2.45, 2.75) is 58.5 Å². The Balaban J connectivity index is 1.48. The molecule has 0 aromatic heterocycles. The summed E-state index contributed by atoms with van der Waals surface area (Å²) in [5.41, 5.74) is 2.99. The molecule has 1 fully saturated rings. The van der Waals surface area contributed by atoms with Crippen LogP contribution in [0.1, 0.15) is 43.4 Å². The number of hydrogen-bond donors (Lipinski definition) is 3. The summed E-state index contributed by atoms with van der Waals surface area (Å²) in [4.78, 5) is 27.5. The SMILES string of the molecule is CCCC(NC(=O)NCc1ccc(F)cc1)C(=O)NCc1cccc(CN2CCOC(C)C2)c1. The number of morpholine rings is 1. The van der Waals surface area contributed by atoms with E-state index in [1.807, 2.05) is 19.1 Å². The maximum Gasteiger partial charge on any atom is 0.315 e. The van der Waals surface area contributed by atoms with Gasteiger partial charge in [0, 0.05) is 32.7 Å². The molecular weight excluding hydrogens is 435 g/mol. The smallest absolute Gasteiger partial charge is 0.315 e. The van der Waals surface area contributed by atoms with E-state index >= 15 is 0 Å². The lowest BCUT2D eigenvalue weighted by atomic mass is 10.1. The monoisotopic (exact) mass is 470 g/mol. The molecule has 0 saturated carbocycles. The average Bonchev–Trinajstić information content (AvgIpc) is 2.82. The van der Waals surface area contributed by atoms with E-state index in [2.05, 4.69) is 39.9 Å². The van der Waals surface area contributed by atoms with Crippen molar-refractivity contribution < 1.29 is 18.7 Å². The third-order valence-corrected chi connectivity index (χ3v) is 5.76. The Morgan fingerprint density at radius 1 is 1.09 bits per heavy atom. The molecule has 0 radical (unpaired) electrons. The third kappa shape index (κ3) is 8.43. The van der Waals surface area contributed by atoms with Gasteiger partial charge in [0.25, 0.3) is 0 Å². The number of rotatable bonds is 10. The third-order valence-electron chi connectivity index (χ3n) is 5.76. The van der Waals surface area contributed by atoms with Crippen molar-refractivity contribution in [1.29, 1.82) is 0 Å². The van der Waals surface area contributed by atoms with Gasteiger partial charge in [-0.05, 0) is 42.2 Å². The highest BCUT2D eigenvalue weighted by atomic mass is 19.1. The number of carbonyl (C=O) groups is 2. The van der Waals surface area contributed by atoms with Gasteiger partial charge in [0.2, 0.25) is 5.91 Å². The molecule has 2 atom stereocenters. The number of hydrogen-bond acceptors (Lipinski definition) is 4. The predicted molar refractivity (Wildman–Crippen MR) is 129 cm³/mol. The van der Waals surface area contributed by atoms with E-state index in [9.17, 15) is 14.0 Å². The Morgan fingerprint density at radius 3 is 2.56 bits per heavy atom. The fraction of sp³-hybridized carbons (Fsp3) is 0.462. The maximum atomic E-state index is 13.0. The quantitative estimate of drug-likeness (QED) is 0.498. The number of nitrogens with one attached hydrogen (secondary N) is 3. The fourth-order valence-corrected chi connectivity index (χ4v) is 3.99. The summed E-state index contributed by atoms with van der Waals surface area (Å²) in [5, 5.41) is 8.42. The molecule has 3 rings (SSSR count). The first-order chi connectivity index (χ1) is 16.4. The van der Waals surface area contributed by atoms with Gasteiger partial charge >= 0.3 is 6.03 Å². The number of halogens is 1. The van der Waals surface area contributed by atoms with Gasteiger partial charge in [-0.3, -0.25) is 9.69 Å². The van der Waals surface area contributed by atoms with Gasteiger partial charge in [0.15, 0.2) is 0 Å². The molecule has 2 aromatic rings. The number of carbonyl (C=O) groups excluding carboxylic acids is 2. The van der Waals surface area contributed by atoms with Crippen molar-refractivity contribution >= 4 is 11.9 Å². The lowest BCUT2D eigenvalue weighted by molar-refractivity contribution is -0.123. The van der Waals surface area contributed by atoms with Crippen molar-refractivity contribution in [3.8, 4) is 0 Å². The molecule has 0 bridgehead atoms. The minimum absolute atomic E-state index is 0.216. The van der Waals surface area contributed by atoms with Crippen LogP contribution in [0.25, 0.3) is 0 Å². The van der Waals surface area contributed by atoms with Gasteiger partial charge < -0.3 is 20.7 Å². The molecular formula is C26H35FN4O3. The summed E-state index contributed by atoms with van der Waals surface area (Å²) >= 11 is 0. The molecule has 2 unspecified atom stereocenters. The van der Waals surface area contributed by atoms with Crippen molar-refractivity contribution in [3.05, 3.63) is 71.0 Å². The molecule has 2 aromatic carbocycles. The number of amides is 3. The second-order valence-corrected chi connectivity index (χ2v) is 8.75. The van der Waals surface area contributed by atoms with E-state index in [1.165, 1.54) is 17.7 Å². The van der Waals surface area contributed by atoms with Crippen LogP contribution in [0.15, 0.2) is 48.5 Å². The Bertz CT molecular complexity index is 938. The molecule has 7 nitrogen and oxygen atoms in total. The Hall–Kier alpha value is -2.97. The van der Waals surface area contributed by atoms with Crippen LogP contribution in [0.4, 0.5) is 9.18 Å². The number of nitrogens with zero attached hydrogens (tertiary/aromatic N) is 1. The first-order valence-corrected chi connectivity index (χ1v) is 11.9. The van der Waals surface area contributed by atoms with Gasteiger partial charge in [-0.15, -0.1) is 0 Å². The molecule has 8 heteroatoms. The van der Waals surface area contributed by atoms with Gasteiger partial charge in [0.05, 0.1) is 12.7 Å². The second kappa shape index (κ2) is 13.1. The molecule has 184 valence electrons. The topological polar surface area (TPSA) is 82.7 Å². The fourth-order valence-electron chi connectivity index (χ4n) is 3.99. The second-order valence-electron chi connectivity index (χ2n) is 8.75.